The highest BCUT2D eigenvalue weighted by Crippen LogP contribution is 2.35. The number of rotatable bonds is 3. The number of furan rings is 1. The molecule has 18 heavy (non-hydrogen) atoms. The number of likely N-dealkylation sites (tertiary alicyclic amines) is 1. The molecule has 1 saturated heterocycles. The van der Waals surface area contributed by atoms with Crippen LogP contribution < -0.4 is 5.73 Å². The number of nitrogens with zero attached hydrogens (tertiary/aromatic N) is 1. The molecule has 0 radical (unpaired) electrons. The van der Waals surface area contributed by atoms with Crippen molar-refractivity contribution in [2.75, 3.05) is 19.6 Å². The van der Waals surface area contributed by atoms with Gasteiger partial charge in [0.05, 0.1) is 18.2 Å². The predicted octanol–water partition coefficient (Wildman–Crippen LogP) is 2.55. The van der Waals surface area contributed by atoms with Gasteiger partial charge in [0.1, 0.15) is 5.76 Å². The molecular formula is C12H17F3N2O. The van der Waals surface area contributed by atoms with Gasteiger partial charge in [-0.05, 0) is 31.5 Å². The second-order valence-corrected chi connectivity index (χ2v) is 4.64. The molecule has 1 aliphatic heterocycles. The van der Waals surface area contributed by atoms with E-state index in [1.165, 1.54) is 6.26 Å². The van der Waals surface area contributed by atoms with Crippen LogP contribution in [0.1, 0.15) is 24.6 Å². The van der Waals surface area contributed by atoms with Gasteiger partial charge in [-0.2, -0.15) is 13.2 Å². The van der Waals surface area contributed by atoms with E-state index in [0.29, 0.717) is 18.7 Å². The number of piperidine rings is 1. The third kappa shape index (κ3) is 2.87. The van der Waals surface area contributed by atoms with Gasteiger partial charge in [-0.15, -0.1) is 0 Å². The normalized spacial score (nSPS) is 24.1. The zero-order valence-electron chi connectivity index (χ0n) is 9.99. The van der Waals surface area contributed by atoms with Gasteiger partial charge in [-0.25, -0.2) is 0 Å². The summed E-state index contributed by atoms with van der Waals surface area (Å²) >= 11 is 0. The van der Waals surface area contributed by atoms with Crippen molar-refractivity contribution in [2.24, 2.45) is 11.7 Å². The fourth-order valence-electron chi connectivity index (χ4n) is 2.48. The Morgan fingerprint density at radius 2 is 2.28 bits per heavy atom. The summed E-state index contributed by atoms with van der Waals surface area (Å²) in [5.74, 6) is -0.615. The molecule has 1 aliphatic rings. The van der Waals surface area contributed by atoms with Crippen LogP contribution in [-0.2, 0) is 0 Å². The number of hydrogen-bond acceptors (Lipinski definition) is 3. The van der Waals surface area contributed by atoms with Gasteiger partial charge in [0.15, 0.2) is 0 Å². The van der Waals surface area contributed by atoms with Gasteiger partial charge in [-0.1, -0.05) is 0 Å². The molecule has 1 aromatic heterocycles. The van der Waals surface area contributed by atoms with E-state index >= 15 is 0 Å². The van der Waals surface area contributed by atoms with Crippen LogP contribution in [0.25, 0.3) is 0 Å². The second-order valence-electron chi connectivity index (χ2n) is 4.64. The highest BCUT2D eigenvalue weighted by atomic mass is 19.4. The van der Waals surface area contributed by atoms with Crippen molar-refractivity contribution in [3.8, 4) is 0 Å². The highest BCUT2D eigenvalue weighted by Gasteiger charge is 2.43. The van der Waals surface area contributed by atoms with Gasteiger partial charge >= 0.3 is 6.18 Å². The van der Waals surface area contributed by atoms with Crippen molar-refractivity contribution in [1.29, 1.82) is 0 Å². The monoisotopic (exact) mass is 262 g/mol. The smallest absolute Gasteiger partial charge is 0.393 e. The van der Waals surface area contributed by atoms with E-state index in [1.807, 2.05) is 0 Å². The fraction of sp³-hybridized carbons (Fsp3) is 0.667. The predicted molar refractivity (Wildman–Crippen MR) is 60.9 cm³/mol. The largest absolute Gasteiger partial charge is 0.468 e. The van der Waals surface area contributed by atoms with E-state index in [0.717, 1.165) is 0 Å². The lowest BCUT2D eigenvalue weighted by Crippen LogP contribution is -2.45. The molecule has 2 atom stereocenters. The molecule has 0 aromatic carbocycles. The molecule has 1 fully saturated rings. The average Bonchev–Trinajstić information content (AvgIpc) is 2.83. The molecule has 0 spiro atoms. The molecule has 6 heteroatoms. The second kappa shape index (κ2) is 5.32. The maximum atomic E-state index is 12.7. The first-order valence-electron chi connectivity index (χ1n) is 6.06. The first-order chi connectivity index (χ1) is 8.52. The molecule has 2 unspecified atom stereocenters. The highest BCUT2D eigenvalue weighted by molar-refractivity contribution is 5.06. The molecule has 1 aromatic rings. The van der Waals surface area contributed by atoms with Gasteiger partial charge in [0.2, 0.25) is 0 Å². The molecule has 2 N–H and O–H groups in total. The van der Waals surface area contributed by atoms with Crippen molar-refractivity contribution in [3.63, 3.8) is 0 Å². The van der Waals surface area contributed by atoms with E-state index in [-0.39, 0.29) is 25.6 Å². The lowest BCUT2D eigenvalue weighted by molar-refractivity contribution is -0.188. The zero-order valence-corrected chi connectivity index (χ0v) is 9.99. The van der Waals surface area contributed by atoms with Gasteiger partial charge in [0.25, 0.3) is 0 Å². The first kappa shape index (κ1) is 13.4. The topological polar surface area (TPSA) is 42.4 Å². The average molecular weight is 262 g/mol. The minimum atomic E-state index is -4.12. The van der Waals surface area contributed by atoms with Crippen LogP contribution in [0.3, 0.4) is 0 Å². The van der Waals surface area contributed by atoms with Crippen LogP contribution in [0.5, 0.6) is 0 Å². The van der Waals surface area contributed by atoms with E-state index in [1.54, 1.807) is 17.0 Å². The maximum Gasteiger partial charge on any atom is 0.393 e. The van der Waals surface area contributed by atoms with E-state index in [9.17, 15) is 13.2 Å². The minimum Gasteiger partial charge on any atom is -0.468 e. The number of hydrogen-bond donors (Lipinski definition) is 1. The Balaban J connectivity index is 2.08. The lowest BCUT2D eigenvalue weighted by Gasteiger charge is -2.37. The molecule has 0 amide bonds. The molecule has 0 saturated carbocycles. The summed E-state index contributed by atoms with van der Waals surface area (Å²) in [6, 6.07) is 3.22. The zero-order chi connectivity index (χ0) is 13.2. The van der Waals surface area contributed by atoms with Crippen LogP contribution >= 0.6 is 0 Å². The first-order valence-corrected chi connectivity index (χ1v) is 6.06. The molecule has 2 heterocycles. The Labute approximate surface area is 104 Å². The third-order valence-electron chi connectivity index (χ3n) is 3.45. The summed E-state index contributed by atoms with van der Waals surface area (Å²) in [5, 5.41) is 0. The Hall–Kier alpha value is -1.01. The maximum absolute atomic E-state index is 12.7. The van der Waals surface area contributed by atoms with E-state index in [4.69, 9.17) is 10.2 Å². The lowest BCUT2D eigenvalue weighted by atomic mass is 9.95. The Bertz CT molecular complexity index is 364. The molecular weight excluding hydrogens is 245 g/mol. The van der Waals surface area contributed by atoms with Gasteiger partial charge in [-0.3, -0.25) is 4.90 Å². The van der Waals surface area contributed by atoms with E-state index in [2.05, 4.69) is 0 Å². The van der Waals surface area contributed by atoms with Crippen molar-refractivity contribution in [1.82, 2.24) is 4.90 Å². The Morgan fingerprint density at radius 3 is 2.83 bits per heavy atom. The summed E-state index contributed by atoms with van der Waals surface area (Å²) in [6.45, 7) is 0.902. The standard InChI is InChI=1S/C12H17F3N2O/c13-12(14,15)9-3-1-5-17(8-9)10(7-16)11-4-2-6-18-11/h2,4,6,9-10H,1,3,5,7-8,16H2. The van der Waals surface area contributed by atoms with Gasteiger partial charge < -0.3 is 10.2 Å². The summed E-state index contributed by atoms with van der Waals surface area (Å²) in [6.07, 6.45) is -1.86. The summed E-state index contributed by atoms with van der Waals surface area (Å²) < 4.78 is 43.5. The van der Waals surface area contributed by atoms with E-state index < -0.39 is 12.1 Å². The summed E-state index contributed by atoms with van der Waals surface area (Å²) in [5.41, 5.74) is 5.67. The van der Waals surface area contributed by atoms with Crippen LogP contribution in [0.2, 0.25) is 0 Å². The quantitative estimate of drug-likeness (QED) is 0.910. The number of nitrogens with two attached hydrogens (primary N) is 1. The van der Waals surface area contributed by atoms with Gasteiger partial charge in [0, 0.05) is 13.1 Å². The molecule has 3 nitrogen and oxygen atoms in total. The summed E-state index contributed by atoms with van der Waals surface area (Å²) in [4.78, 5) is 1.78. The Kier molecular flexibility index (Phi) is 3.97. The molecule has 2 rings (SSSR count). The number of alkyl halides is 3. The third-order valence-corrected chi connectivity index (χ3v) is 3.45. The van der Waals surface area contributed by atoms with Crippen LogP contribution in [-0.4, -0.2) is 30.7 Å². The van der Waals surface area contributed by atoms with Crippen LogP contribution in [0.15, 0.2) is 22.8 Å². The van der Waals surface area contributed by atoms with Crippen LogP contribution in [0, 0.1) is 5.92 Å². The molecule has 0 bridgehead atoms. The van der Waals surface area contributed by atoms with Crippen molar-refractivity contribution in [3.05, 3.63) is 24.2 Å². The van der Waals surface area contributed by atoms with Crippen molar-refractivity contribution in [2.45, 2.75) is 25.1 Å². The van der Waals surface area contributed by atoms with Crippen molar-refractivity contribution < 1.29 is 17.6 Å². The van der Waals surface area contributed by atoms with Crippen LogP contribution in [0.4, 0.5) is 13.2 Å². The fourth-order valence-corrected chi connectivity index (χ4v) is 2.48. The SMILES string of the molecule is NCC(c1ccco1)N1CCCC(C(F)(F)F)C1. The Morgan fingerprint density at radius 1 is 1.50 bits per heavy atom. The van der Waals surface area contributed by atoms with Crippen molar-refractivity contribution >= 4 is 0 Å². The summed E-state index contributed by atoms with van der Waals surface area (Å²) in [7, 11) is 0. The molecule has 102 valence electrons. The molecule has 0 aliphatic carbocycles. The number of halogens is 3. The minimum absolute atomic E-state index is 0.00602.